The topological polar surface area (TPSA) is 105 Å². The van der Waals surface area contributed by atoms with Crippen molar-refractivity contribution in [3.8, 4) is 5.75 Å². The van der Waals surface area contributed by atoms with Gasteiger partial charge in [0.1, 0.15) is 18.2 Å². The first kappa shape index (κ1) is 19.6. The lowest BCUT2D eigenvalue weighted by Crippen LogP contribution is -2.39. The van der Waals surface area contributed by atoms with E-state index in [1.807, 2.05) is 36.4 Å². The van der Waals surface area contributed by atoms with Gasteiger partial charge in [-0.25, -0.2) is 9.97 Å². The fourth-order valence-electron chi connectivity index (χ4n) is 3.29. The summed E-state index contributed by atoms with van der Waals surface area (Å²) in [5, 5.41) is 5.93. The highest BCUT2D eigenvalue weighted by atomic mass is 16.5. The maximum Gasteiger partial charge on any atom is 0.231 e. The van der Waals surface area contributed by atoms with E-state index in [2.05, 4.69) is 35.5 Å². The van der Waals surface area contributed by atoms with Crippen LogP contribution in [0.4, 0.5) is 23.3 Å². The molecule has 0 unspecified atom stereocenters. The second-order valence-corrected chi connectivity index (χ2v) is 6.99. The second-order valence-electron chi connectivity index (χ2n) is 6.99. The highest BCUT2D eigenvalue weighted by molar-refractivity contribution is 5.89. The smallest absolute Gasteiger partial charge is 0.231 e. The van der Waals surface area contributed by atoms with Gasteiger partial charge in [-0.2, -0.15) is 4.98 Å². The zero-order chi connectivity index (χ0) is 20.8. The molecule has 1 aliphatic heterocycles. The molecule has 0 aliphatic carbocycles. The molecule has 1 aromatic carbocycles. The van der Waals surface area contributed by atoms with Gasteiger partial charge in [0.15, 0.2) is 0 Å². The average Bonchev–Trinajstić information content (AvgIpc) is 2.75. The molecule has 0 atom stereocenters. The standard InChI is InChI=1S/C21H23N7O2/c1-15(29)25-16-4-2-5-17(12-16)26-20-23-14-24-21(27-20)28-10-7-18(8-11-28)30-19-6-3-9-22-13-19/h2-6,9,12-14,18H,7-8,10-11H2,1H3,(H,25,29)(H,23,24,26,27). The summed E-state index contributed by atoms with van der Waals surface area (Å²) in [6, 6.07) is 11.2. The van der Waals surface area contributed by atoms with Crippen molar-refractivity contribution in [2.75, 3.05) is 28.6 Å². The molecule has 4 rings (SSSR count). The third-order valence-electron chi connectivity index (χ3n) is 4.66. The van der Waals surface area contributed by atoms with Crippen molar-refractivity contribution < 1.29 is 9.53 Å². The predicted molar refractivity (Wildman–Crippen MR) is 114 cm³/mol. The zero-order valence-corrected chi connectivity index (χ0v) is 16.7. The van der Waals surface area contributed by atoms with Gasteiger partial charge in [0.05, 0.1) is 6.20 Å². The Morgan fingerprint density at radius 1 is 1.13 bits per heavy atom. The summed E-state index contributed by atoms with van der Waals surface area (Å²) >= 11 is 0. The lowest BCUT2D eigenvalue weighted by Gasteiger charge is -2.32. The summed E-state index contributed by atoms with van der Waals surface area (Å²) in [6.07, 6.45) is 6.88. The van der Waals surface area contributed by atoms with Crippen LogP contribution in [0, 0.1) is 0 Å². The van der Waals surface area contributed by atoms with Gasteiger partial charge in [0, 0.05) is 50.4 Å². The zero-order valence-electron chi connectivity index (χ0n) is 16.7. The third kappa shape index (κ3) is 5.19. The molecule has 0 radical (unpaired) electrons. The van der Waals surface area contributed by atoms with E-state index >= 15 is 0 Å². The maximum atomic E-state index is 11.2. The van der Waals surface area contributed by atoms with Gasteiger partial charge >= 0.3 is 0 Å². The number of ether oxygens (including phenoxy) is 1. The number of benzene rings is 1. The molecule has 9 nitrogen and oxygen atoms in total. The van der Waals surface area contributed by atoms with Crippen LogP contribution in [0.5, 0.6) is 5.75 Å². The Bertz CT molecular complexity index is 991. The highest BCUT2D eigenvalue weighted by Gasteiger charge is 2.22. The van der Waals surface area contributed by atoms with Crippen LogP contribution >= 0.6 is 0 Å². The summed E-state index contributed by atoms with van der Waals surface area (Å²) in [5.41, 5.74) is 1.49. The van der Waals surface area contributed by atoms with Crippen molar-refractivity contribution in [2.24, 2.45) is 0 Å². The average molecular weight is 405 g/mol. The number of amides is 1. The van der Waals surface area contributed by atoms with Crippen molar-refractivity contribution in [1.82, 2.24) is 19.9 Å². The monoisotopic (exact) mass is 405 g/mol. The predicted octanol–water partition coefficient (Wildman–Crippen LogP) is 3.02. The molecule has 30 heavy (non-hydrogen) atoms. The van der Waals surface area contributed by atoms with E-state index in [1.54, 1.807) is 12.4 Å². The first-order valence-corrected chi connectivity index (χ1v) is 9.81. The van der Waals surface area contributed by atoms with Crippen molar-refractivity contribution in [2.45, 2.75) is 25.9 Å². The molecule has 2 N–H and O–H groups in total. The molecule has 2 aromatic heterocycles. The molecule has 1 amide bonds. The van der Waals surface area contributed by atoms with E-state index in [0.717, 1.165) is 37.4 Å². The number of carbonyl (C=O) groups excluding carboxylic acids is 1. The van der Waals surface area contributed by atoms with Crippen LogP contribution in [0.1, 0.15) is 19.8 Å². The summed E-state index contributed by atoms with van der Waals surface area (Å²) in [4.78, 5) is 30.5. The number of aromatic nitrogens is 4. The first-order chi connectivity index (χ1) is 14.7. The molecule has 0 saturated carbocycles. The van der Waals surface area contributed by atoms with Crippen LogP contribution in [0.3, 0.4) is 0 Å². The number of nitrogens with zero attached hydrogens (tertiary/aromatic N) is 5. The van der Waals surface area contributed by atoms with E-state index in [-0.39, 0.29) is 12.0 Å². The highest BCUT2D eigenvalue weighted by Crippen LogP contribution is 2.22. The summed E-state index contributed by atoms with van der Waals surface area (Å²) in [7, 11) is 0. The number of rotatable bonds is 6. The van der Waals surface area contributed by atoms with Crippen LogP contribution in [-0.4, -0.2) is 45.0 Å². The van der Waals surface area contributed by atoms with Crippen LogP contribution in [0.25, 0.3) is 0 Å². The van der Waals surface area contributed by atoms with Crippen LogP contribution in [-0.2, 0) is 4.79 Å². The second kappa shape index (κ2) is 9.17. The van der Waals surface area contributed by atoms with E-state index in [1.165, 1.54) is 13.3 Å². The Labute approximate surface area is 174 Å². The minimum absolute atomic E-state index is 0.120. The minimum Gasteiger partial charge on any atom is -0.489 e. The summed E-state index contributed by atoms with van der Waals surface area (Å²) in [5.74, 6) is 1.76. The molecule has 9 heteroatoms. The van der Waals surface area contributed by atoms with Gasteiger partial charge in [-0.1, -0.05) is 6.07 Å². The lowest BCUT2D eigenvalue weighted by atomic mass is 10.1. The van der Waals surface area contributed by atoms with E-state index in [0.29, 0.717) is 17.6 Å². The van der Waals surface area contributed by atoms with Crippen molar-refractivity contribution in [3.05, 3.63) is 55.1 Å². The molecule has 1 fully saturated rings. The lowest BCUT2D eigenvalue weighted by molar-refractivity contribution is -0.114. The molecule has 154 valence electrons. The molecule has 0 bridgehead atoms. The number of hydrogen-bond acceptors (Lipinski definition) is 8. The quantitative estimate of drug-likeness (QED) is 0.645. The maximum absolute atomic E-state index is 11.2. The Balaban J connectivity index is 1.36. The molecule has 1 aliphatic rings. The Morgan fingerprint density at radius 2 is 1.97 bits per heavy atom. The molecular weight excluding hydrogens is 382 g/mol. The fraction of sp³-hybridized carbons (Fsp3) is 0.286. The van der Waals surface area contributed by atoms with Crippen molar-refractivity contribution in [3.63, 3.8) is 0 Å². The van der Waals surface area contributed by atoms with Crippen LogP contribution < -0.4 is 20.3 Å². The van der Waals surface area contributed by atoms with Gasteiger partial charge in [0.25, 0.3) is 0 Å². The van der Waals surface area contributed by atoms with Gasteiger partial charge < -0.3 is 20.3 Å². The van der Waals surface area contributed by atoms with Crippen LogP contribution in [0.15, 0.2) is 55.1 Å². The molecule has 3 aromatic rings. The largest absolute Gasteiger partial charge is 0.489 e. The van der Waals surface area contributed by atoms with Gasteiger partial charge in [-0.15, -0.1) is 0 Å². The van der Waals surface area contributed by atoms with Crippen molar-refractivity contribution >= 4 is 29.2 Å². The Hall–Kier alpha value is -3.75. The molecular formula is C21H23N7O2. The SMILES string of the molecule is CC(=O)Nc1cccc(Nc2ncnc(N3CCC(Oc4cccnc4)CC3)n2)c1. The van der Waals surface area contributed by atoms with E-state index < -0.39 is 0 Å². The van der Waals surface area contributed by atoms with Gasteiger partial charge in [-0.3, -0.25) is 9.78 Å². The Morgan fingerprint density at radius 3 is 2.73 bits per heavy atom. The third-order valence-corrected chi connectivity index (χ3v) is 4.66. The Kier molecular flexibility index (Phi) is 5.98. The number of nitrogens with one attached hydrogen (secondary N) is 2. The van der Waals surface area contributed by atoms with E-state index in [4.69, 9.17) is 4.74 Å². The first-order valence-electron chi connectivity index (χ1n) is 9.81. The van der Waals surface area contributed by atoms with E-state index in [9.17, 15) is 4.79 Å². The number of anilines is 4. The number of piperidine rings is 1. The molecule has 3 heterocycles. The normalized spacial score (nSPS) is 14.2. The molecule has 1 saturated heterocycles. The summed E-state index contributed by atoms with van der Waals surface area (Å²) in [6.45, 7) is 3.07. The van der Waals surface area contributed by atoms with Crippen LogP contribution in [0.2, 0.25) is 0 Å². The van der Waals surface area contributed by atoms with Crippen molar-refractivity contribution in [1.29, 1.82) is 0 Å². The molecule has 0 spiro atoms. The number of pyridine rings is 1. The van der Waals surface area contributed by atoms with Gasteiger partial charge in [-0.05, 0) is 30.3 Å². The minimum atomic E-state index is -0.120. The number of carbonyl (C=O) groups is 1. The fourth-order valence-corrected chi connectivity index (χ4v) is 3.29. The summed E-state index contributed by atoms with van der Waals surface area (Å²) < 4.78 is 6.00. The number of hydrogen-bond donors (Lipinski definition) is 2. The van der Waals surface area contributed by atoms with Gasteiger partial charge in [0.2, 0.25) is 17.8 Å².